The van der Waals surface area contributed by atoms with Gasteiger partial charge in [-0.05, 0) is 12.8 Å². The molecule has 0 saturated carbocycles. The van der Waals surface area contributed by atoms with Gasteiger partial charge in [0.2, 0.25) is 5.91 Å². The highest BCUT2D eigenvalue weighted by Crippen LogP contribution is 1.85. The Bertz CT molecular complexity index is 165. The Morgan fingerprint density at radius 3 is 2.80 bits per heavy atom. The maximum atomic E-state index is 11.3. The Balaban J connectivity index is 3.30. The average molecular weight is 218 g/mol. The molecule has 0 heterocycles. The molecule has 5 nitrogen and oxygen atoms in total. The van der Waals surface area contributed by atoms with Crippen LogP contribution >= 0.6 is 0 Å². The summed E-state index contributed by atoms with van der Waals surface area (Å²) in [6.07, 6.45) is 1.83. The van der Waals surface area contributed by atoms with Crippen LogP contribution in [0.3, 0.4) is 0 Å². The smallest absolute Gasteiger partial charge is 0.239 e. The maximum absolute atomic E-state index is 11.3. The zero-order valence-electron chi connectivity index (χ0n) is 9.62. The van der Waals surface area contributed by atoms with E-state index in [9.17, 15) is 4.79 Å². The highest BCUT2D eigenvalue weighted by molar-refractivity contribution is 5.81. The summed E-state index contributed by atoms with van der Waals surface area (Å²) in [5.74, 6) is -0.174. The second-order valence-corrected chi connectivity index (χ2v) is 3.32. The molecule has 90 valence electrons. The normalized spacial score (nSPS) is 12.5. The number of hydrogen-bond donors (Lipinski definition) is 2. The molecule has 0 aromatic carbocycles. The van der Waals surface area contributed by atoms with Gasteiger partial charge in [-0.3, -0.25) is 4.79 Å². The second-order valence-electron chi connectivity index (χ2n) is 3.32. The SMILES string of the molecule is CCCOCCCNC(=O)C(N)COC. The van der Waals surface area contributed by atoms with Gasteiger partial charge in [0, 0.05) is 26.9 Å². The topological polar surface area (TPSA) is 73.6 Å². The fourth-order valence-corrected chi connectivity index (χ4v) is 1.02. The maximum Gasteiger partial charge on any atom is 0.239 e. The van der Waals surface area contributed by atoms with Gasteiger partial charge in [0.25, 0.3) is 0 Å². The van der Waals surface area contributed by atoms with Gasteiger partial charge in [-0.2, -0.15) is 0 Å². The molecular weight excluding hydrogens is 196 g/mol. The predicted octanol–water partition coefficient (Wildman–Crippen LogP) is -0.107. The van der Waals surface area contributed by atoms with Crippen LogP contribution in [0.25, 0.3) is 0 Å². The quantitative estimate of drug-likeness (QED) is 0.530. The first-order chi connectivity index (χ1) is 7.22. The van der Waals surface area contributed by atoms with Crippen molar-refractivity contribution in [2.24, 2.45) is 5.73 Å². The molecule has 0 rings (SSSR count). The van der Waals surface area contributed by atoms with E-state index in [-0.39, 0.29) is 12.5 Å². The molecule has 0 bridgehead atoms. The van der Waals surface area contributed by atoms with Crippen molar-refractivity contribution >= 4 is 5.91 Å². The summed E-state index contributed by atoms with van der Waals surface area (Å²) in [7, 11) is 1.52. The van der Waals surface area contributed by atoms with Crippen molar-refractivity contribution in [3.63, 3.8) is 0 Å². The summed E-state index contributed by atoms with van der Waals surface area (Å²) in [6.45, 7) is 4.36. The number of ether oxygens (including phenoxy) is 2. The Morgan fingerprint density at radius 2 is 2.20 bits per heavy atom. The van der Waals surface area contributed by atoms with Gasteiger partial charge in [-0.15, -0.1) is 0 Å². The number of rotatable bonds is 9. The molecule has 0 fully saturated rings. The van der Waals surface area contributed by atoms with Gasteiger partial charge in [0.1, 0.15) is 6.04 Å². The van der Waals surface area contributed by atoms with E-state index in [0.717, 1.165) is 19.4 Å². The van der Waals surface area contributed by atoms with Crippen molar-refractivity contribution in [2.75, 3.05) is 33.5 Å². The van der Waals surface area contributed by atoms with E-state index in [0.29, 0.717) is 13.2 Å². The number of amides is 1. The van der Waals surface area contributed by atoms with E-state index in [2.05, 4.69) is 12.2 Å². The Hall–Kier alpha value is -0.650. The minimum atomic E-state index is -0.577. The van der Waals surface area contributed by atoms with E-state index in [1.54, 1.807) is 0 Å². The van der Waals surface area contributed by atoms with Crippen LogP contribution in [0.5, 0.6) is 0 Å². The lowest BCUT2D eigenvalue weighted by Gasteiger charge is -2.10. The van der Waals surface area contributed by atoms with Crippen LogP contribution in [0, 0.1) is 0 Å². The van der Waals surface area contributed by atoms with Crippen molar-refractivity contribution < 1.29 is 14.3 Å². The first-order valence-electron chi connectivity index (χ1n) is 5.32. The molecule has 0 radical (unpaired) electrons. The highest BCUT2D eigenvalue weighted by Gasteiger charge is 2.11. The fourth-order valence-electron chi connectivity index (χ4n) is 1.02. The van der Waals surface area contributed by atoms with E-state index < -0.39 is 6.04 Å². The zero-order chi connectivity index (χ0) is 11.5. The molecule has 0 aliphatic rings. The molecule has 0 aliphatic heterocycles. The van der Waals surface area contributed by atoms with Gasteiger partial charge < -0.3 is 20.5 Å². The van der Waals surface area contributed by atoms with Crippen molar-refractivity contribution in [3.05, 3.63) is 0 Å². The van der Waals surface area contributed by atoms with E-state index in [4.69, 9.17) is 15.2 Å². The van der Waals surface area contributed by atoms with Crippen molar-refractivity contribution in [1.82, 2.24) is 5.32 Å². The van der Waals surface area contributed by atoms with E-state index >= 15 is 0 Å². The highest BCUT2D eigenvalue weighted by atomic mass is 16.5. The zero-order valence-corrected chi connectivity index (χ0v) is 9.62. The number of nitrogens with two attached hydrogens (primary N) is 1. The minimum Gasteiger partial charge on any atom is -0.383 e. The summed E-state index contributed by atoms with van der Waals surface area (Å²) in [6, 6.07) is -0.577. The summed E-state index contributed by atoms with van der Waals surface area (Å²) in [5, 5.41) is 2.72. The molecule has 0 spiro atoms. The minimum absolute atomic E-state index is 0.174. The first kappa shape index (κ1) is 14.3. The van der Waals surface area contributed by atoms with Gasteiger partial charge in [0.15, 0.2) is 0 Å². The fraction of sp³-hybridized carbons (Fsp3) is 0.900. The first-order valence-corrected chi connectivity index (χ1v) is 5.32. The monoisotopic (exact) mass is 218 g/mol. The molecule has 0 saturated heterocycles. The Morgan fingerprint density at radius 1 is 1.47 bits per heavy atom. The van der Waals surface area contributed by atoms with Crippen LogP contribution < -0.4 is 11.1 Å². The standard InChI is InChI=1S/C10H22N2O3/c1-3-6-15-7-4-5-12-10(13)9(11)8-14-2/h9H,3-8,11H2,1-2H3,(H,12,13). The summed E-state index contributed by atoms with van der Waals surface area (Å²) >= 11 is 0. The molecule has 0 aromatic rings. The number of hydrogen-bond acceptors (Lipinski definition) is 4. The van der Waals surface area contributed by atoms with Crippen LogP contribution in [-0.4, -0.2) is 45.4 Å². The summed E-state index contributed by atoms with van der Waals surface area (Å²) in [4.78, 5) is 11.3. The summed E-state index contributed by atoms with van der Waals surface area (Å²) in [5.41, 5.74) is 5.52. The molecule has 0 aromatic heterocycles. The van der Waals surface area contributed by atoms with Crippen LogP contribution in [0.2, 0.25) is 0 Å². The molecular formula is C10H22N2O3. The number of carbonyl (C=O) groups is 1. The molecule has 1 atom stereocenters. The third-order valence-corrected chi connectivity index (χ3v) is 1.80. The second kappa shape index (κ2) is 9.89. The third kappa shape index (κ3) is 8.35. The molecule has 5 heteroatoms. The Labute approximate surface area is 91.3 Å². The summed E-state index contributed by atoms with van der Waals surface area (Å²) < 4.78 is 10.0. The predicted molar refractivity (Wildman–Crippen MR) is 58.6 cm³/mol. The molecule has 15 heavy (non-hydrogen) atoms. The number of carbonyl (C=O) groups excluding carboxylic acids is 1. The van der Waals surface area contributed by atoms with Gasteiger partial charge in [-0.25, -0.2) is 0 Å². The van der Waals surface area contributed by atoms with Crippen LogP contribution in [0.15, 0.2) is 0 Å². The largest absolute Gasteiger partial charge is 0.383 e. The van der Waals surface area contributed by atoms with E-state index in [1.807, 2.05) is 0 Å². The lowest BCUT2D eigenvalue weighted by Crippen LogP contribution is -2.43. The Kier molecular flexibility index (Phi) is 9.46. The third-order valence-electron chi connectivity index (χ3n) is 1.80. The number of methoxy groups -OCH3 is 1. The molecule has 1 unspecified atom stereocenters. The van der Waals surface area contributed by atoms with Crippen molar-refractivity contribution in [2.45, 2.75) is 25.8 Å². The molecule has 0 aliphatic carbocycles. The molecule has 3 N–H and O–H groups in total. The van der Waals surface area contributed by atoms with Gasteiger partial charge in [-0.1, -0.05) is 6.92 Å². The average Bonchev–Trinajstić information content (AvgIpc) is 2.23. The lowest BCUT2D eigenvalue weighted by molar-refractivity contribution is -0.123. The number of nitrogens with one attached hydrogen (secondary N) is 1. The van der Waals surface area contributed by atoms with Crippen LogP contribution in [0.1, 0.15) is 19.8 Å². The van der Waals surface area contributed by atoms with Crippen molar-refractivity contribution in [1.29, 1.82) is 0 Å². The van der Waals surface area contributed by atoms with Crippen LogP contribution in [0.4, 0.5) is 0 Å². The van der Waals surface area contributed by atoms with Crippen LogP contribution in [-0.2, 0) is 14.3 Å². The van der Waals surface area contributed by atoms with Gasteiger partial charge >= 0.3 is 0 Å². The van der Waals surface area contributed by atoms with Gasteiger partial charge in [0.05, 0.1) is 6.61 Å². The molecule has 1 amide bonds. The lowest BCUT2D eigenvalue weighted by atomic mass is 10.3. The van der Waals surface area contributed by atoms with Crippen molar-refractivity contribution in [3.8, 4) is 0 Å². The van der Waals surface area contributed by atoms with E-state index in [1.165, 1.54) is 7.11 Å².